The van der Waals surface area contributed by atoms with Crippen LogP contribution < -0.4 is 10.1 Å². The minimum atomic E-state index is -1.15. The van der Waals surface area contributed by atoms with Gasteiger partial charge in [0.25, 0.3) is 5.91 Å². The zero-order valence-corrected chi connectivity index (χ0v) is 11.9. The molecule has 1 amide bonds. The third-order valence-corrected chi connectivity index (χ3v) is 2.98. The summed E-state index contributed by atoms with van der Waals surface area (Å²) in [6, 6.07) is 9.69. The molecule has 0 saturated heterocycles. The van der Waals surface area contributed by atoms with Crippen LogP contribution in [0, 0.1) is 5.82 Å². The summed E-state index contributed by atoms with van der Waals surface area (Å²) < 4.78 is 18.1. The zero-order chi connectivity index (χ0) is 16.1. The molecule has 0 aliphatic rings. The summed E-state index contributed by atoms with van der Waals surface area (Å²) in [7, 11) is 0. The average molecular weight is 324 g/mol. The molecule has 0 radical (unpaired) electrons. The second-order valence-electron chi connectivity index (χ2n) is 4.26. The van der Waals surface area contributed by atoms with Gasteiger partial charge in [-0.25, -0.2) is 9.18 Å². The predicted octanol–water partition coefficient (Wildman–Crippen LogP) is 3.19. The minimum Gasteiger partial charge on any atom is -0.484 e. The minimum absolute atomic E-state index is 0.0272. The van der Waals surface area contributed by atoms with Crippen LogP contribution in [0.1, 0.15) is 10.4 Å². The lowest BCUT2D eigenvalue weighted by Crippen LogP contribution is -2.21. The molecular formula is C15H11ClFNO4. The van der Waals surface area contributed by atoms with Crippen molar-refractivity contribution in [3.63, 3.8) is 0 Å². The van der Waals surface area contributed by atoms with Gasteiger partial charge in [-0.15, -0.1) is 0 Å². The maximum Gasteiger partial charge on any atom is 0.337 e. The third-order valence-electron chi connectivity index (χ3n) is 2.69. The Hall–Kier alpha value is -2.60. The molecule has 2 aromatic rings. The van der Waals surface area contributed by atoms with Gasteiger partial charge in [-0.1, -0.05) is 23.7 Å². The molecule has 2 aromatic carbocycles. The molecule has 114 valence electrons. The zero-order valence-electron chi connectivity index (χ0n) is 11.2. The van der Waals surface area contributed by atoms with Crippen molar-refractivity contribution in [2.24, 2.45) is 0 Å². The van der Waals surface area contributed by atoms with Crippen molar-refractivity contribution >= 4 is 29.2 Å². The number of benzene rings is 2. The number of hydrogen-bond donors (Lipinski definition) is 2. The second-order valence-corrected chi connectivity index (χ2v) is 4.67. The maximum atomic E-state index is 13.0. The van der Waals surface area contributed by atoms with Crippen LogP contribution in [0.5, 0.6) is 5.75 Å². The van der Waals surface area contributed by atoms with Crippen LogP contribution in [0.2, 0.25) is 5.02 Å². The Morgan fingerprint density at radius 2 is 1.95 bits per heavy atom. The highest BCUT2D eigenvalue weighted by Gasteiger charge is 2.12. The summed E-state index contributed by atoms with van der Waals surface area (Å²) in [5, 5.41) is 11.3. The number of carboxylic acid groups (broad SMARTS) is 1. The van der Waals surface area contributed by atoms with Gasteiger partial charge in [0.05, 0.1) is 16.3 Å². The van der Waals surface area contributed by atoms with Gasteiger partial charge in [0.2, 0.25) is 0 Å². The Morgan fingerprint density at radius 3 is 2.64 bits per heavy atom. The van der Waals surface area contributed by atoms with Gasteiger partial charge in [-0.05, 0) is 24.3 Å². The van der Waals surface area contributed by atoms with E-state index in [1.807, 2.05) is 0 Å². The number of halogens is 2. The number of carbonyl (C=O) groups excluding carboxylic acids is 1. The lowest BCUT2D eigenvalue weighted by atomic mass is 10.2. The number of amides is 1. The number of para-hydroxylation sites is 1. The van der Waals surface area contributed by atoms with Crippen molar-refractivity contribution in [3.8, 4) is 5.75 Å². The fraction of sp³-hybridized carbons (Fsp3) is 0.0667. The smallest absolute Gasteiger partial charge is 0.337 e. The number of aromatic carboxylic acids is 1. The molecule has 0 unspecified atom stereocenters. The molecule has 0 bridgehead atoms. The molecular weight excluding hydrogens is 313 g/mol. The summed E-state index contributed by atoms with van der Waals surface area (Å²) in [4.78, 5) is 22.8. The summed E-state index contributed by atoms with van der Waals surface area (Å²) >= 11 is 5.59. The molecule has 0 saturated carbocycles. The van der Waals surface area contributed by atoms with Crippen LogP contribution in [0.15, 0.2) is 42.5 Å². The lowest BCUT2D eigenvalue weighted by molar-refractivity contribution is -0.118. The van der Waals surface area contributed by atoms with Gasteiger partial charge in [0.1, 0.15) is 11.6 Å². The molecule has 0 aliphatic carbocycles. The molecule has 22 heavy (non-hydrogen) atoms. The van der Waals surface area contributed by atoms with Gasteiger partial charge < -0.3 is 15.2 Å². The summed E-state index contributed by atoms with van der Waals surface area (Å²) in [5.41, 5.74) is 0.140. The van der Waals surface area contributed by atoms with Crippen LogP contribution in [-0.2, 0) is 4.79 Å². The Bertz CT molecular complexity index is 720. The largest absolute Gasteiger partial charge is 0.484 e. The van der Waals surface area contributed by atoms with Gasteiger partial charge in [-0.2, -0.15) is 0 Å². The van der Waals surface area contributed by atoms with Gasteiger partial charge in [-0.3, -0.25) is 4.79 Å². The maximum absolute atomic E-state index is 13.0. The molecule has 0 atom stereocenters. The van der Waals surface area contributed by atoms with Crippen LogP contribution in [0.3, 0.4) is 0 Å². The number of rotatable bonds is 5. The Labute approximate surface area is 130 Å². The molecule has 0 aromatic heterocycles. The summed E-state index contributed by atoms with van der Waals surface area (Å²) in [6.07, 6.45) is 0. The SMILES string of the molecule is O=C(COc1ccc(F)c(Cl)c1)Nc1ccccc1C(=O)O. The Kier molecular flexibility index (Phi) is 4.95. The standard InChI is InChI=1S/C15H11ClFNO4/c16-11-7-9(5-6-12(11)17)22-8-14(19)18-13-4-2-1-3-10(13)15(20)21/h1-7H,8H2,(H,18,19)(H,20,21). The highest BCUT2D eigenvalue weighted by molar-refractivity contribution is 6.30. The molecule has 5 nitrogen and oxygen atoms in total. The first-order valence-corrected chi connectivity index (χ1v) is 6.55. The van der Waals surface area contributed by atoms with Crippen molar-refractivity contribution in [1.82, 2.24) is 0 Å². The van der Waals surface area contributed by atoms with E-state index in [2.05, 4.69) is 5.32 Å². The van der Waals surface area contributed by atoms with Crippen molar-refractivity contribution < 1.29 is 23.8 Å². The van der Waals surface area contributed by atoms with Gasteiger partial charge in [0.15, 0.2) is 6.61 Å². The first kappa shape index (κ1) is 15.8. The number of nitrogens with one attached hydrogen (secondary N) is 1. The number of carboxylic acids is 1. The fourth-order valence-corrected chi connectivity index (χ4v) is 1.85. The van der Waals surface area contributed by atoms with Crippen molar-refractivity contribution in [1.29, 1.82) is 0 Å². The van der Waals surface area contributed by atoms with Gasteiger partial charge >= 0.3 is 5.97 Å². The Morgan fingerprint density at radius 1 is 1.23 bits per heavy atom. The highest BCUT2D eigenvalue weighted by Crippen LogP contribution is 2.21. The number of carbonyl (C=O) groups is 2. The summed E-state index contributed by atoms with van der Waals surface area (Å²) in [5.74, 6) is -2.06. The first-order chi connectivity index (χ1) is 10.5. The quantitative estimate of drug-likeness (QED) is 0.886. The van der Waals surface area contributed by atoms with E-state index >= 15 is 0 Å². The fourth-order valence-electron chi connectivity index (χ4n) is 1.68. The molecule has 7 heteroatoms. The topological polar surface area (TPSA) is 75.6 Å². The van der Waals surface area contributed by atoms with E-state index < -0.39 is 17.7 Å². The molecule has 0 aliphatic heterocycles. The molecule has 2 N–H and O–H groups in total. The highest BCUT2D eigenvalue weighted by atomic mass is 35.5. The van der Waals surface area contributed by atoms with Gasteiger partial charge in [0, 0.05) is 6.07 Å². The van der Waals surface area contributed by atoms with E-state index in [-0.39, 0.29) is 28.6 Å². The van der Waals surface area contributed by atoms with Crippen LogP contribution in [0.25, 0.3) is 0 Å². The second kappa shape index (κ2) is 6.91. The number of anilines is 1. The van der Waals surface area contributed by atoms with Crippen LogP contribution in [-0.4, -0.2) is 23.6 Å². The van der Waals surface area contributed by atoms with E-state index in [0.29, 0.717) is 0 Å². The monoisotopic (exact) mass is 323 g/mol. The van der Waals surface area contributed by atoms with E-state index in [1.165, 1.54) is 24.3 Å². The normalized spacial score (nSPS) is 10.1. The predicted molar refractivity (Wildman–Crippen MR) is 78.9 cm³/mol. The van der Waals surface area contributed by atoms with Crippen molar-refractivity contribution in [3.05, 3.63) is 58.9 Å². The molecule has 0 spiro atoms. The Balaban J connectivity index is 1.99. The van der Waals surface area contributed by atoms with Crippen LogP contribution in [0.4, 0.5) is 10.1 Å². The van der Waals surface area contributed by atoms with E-state index in [9.17, 15) is 14.0 Å². The van der Waals surface area contributed by atoms with E-state index in [4.69, 9.17) is 21.4 Å². The summed E-state index contributed by atoms with van der Waals surface area (Å²) in [6.45, 7) is -0.365. The number of hydrogen-bond acceptors (Lipinski definition) is 3. The average Bonchev–Trinajstić information content (AvgIpc) is 2.49. The van der Waals surface area contributed by atoms with E-state index in [0.717, 1.165) is 6.07 Å². The third kappa shape index (κ3) is 3.95. The van der Waals surface area contributed by atoms with E-state index in [1.54, 1.807) is 12.1 Å². The van der Waals surface area contributed by atoms with Crippen molar-refractivity contribution in [2.45, 2.75) is 0 Å². The first-order valence-electron chi connectivity index (χ1n) is 6.17. The molecule has 0 heterocycles. The number of ether oxygens (including phenoxy) is 1. The van der Waals surface area contributed by atoms with Crippen molar-refractivity contribution in [2.75, 3.05) is 11.9 Å². The molecule has 2 rings (SSSR count). The molecule has 0 fully saturated rings. The lowest BCUT2D eigenvalue weighted by Gasteiger charge is -2.09. The van der Waals surface area contributed by atoms with Crippen LogP contribution >= 0.6 is 11.6 Å².